The molecule has 0 spiro atoms. The number of fused-ring (bicyclic) bond motifs is 7. The van der Waals surface area contributed by atoms with Gasteiger partial charge < -0.3 is 9.88 Å². The lowest BCUT2D eigenvalue weighted by Gasteiger charge is -2.24. The Labute approximate surface area is 146 Å². The lowest BCUT2D eigenvalue weighted by molar-refractivity contribution is 0.508. The van der Waals surface area contributed by atoms with Crippen LogP contribution >= 0.6 is 0 Å². The molecule has 122 valence electrons. The maximum atomic E-state index is 4.47. The van der Waals surface area contributed by atoms with Gasteiger partial charge in [0.15, 0.2) is 0 Å². The molecule has 4 heterocycles. The molecule has 0 aliphatic carbocycles. The minimum absolute atomic E-state index is 0.516. The van der Waals surface area contributed by atoms with Crippen molar-refractivity contribution in [3.8, 4) is 5.69 Å². The second-order valence-corrected chi connectivity index (χ2v) is 7.29. The maximum absolute atomic E-state index is 4.47. The van der Waals surface area contributed by atoms with E-state index in [2.05, 4.69) is 63.4 Å². The summed E-state index contributed by atoms with van der Waals surface area (Å²) in [5, 5.41) is 6.41. The third kappa shape index (κ3) is 1.87. The molecule has 2 aliphatic heterocycles. The maximum Gasteiger partial charge on any atom is 0.0703 e. The first-order valence-corrected chi connectivity index (χ1v) is 9.12. The summed E-state index contributed by atoms with van der Waals surface area (Å²) in [5.41, 5.74) is 6.65. The highest BCUT2D eigenvalue weighted by molar-refractivity contribution is 5.89. The smallest absolute Gasteiger partial charge is 0.0703 e. The number of aromatic nitrogens is 2. The van der Waals surface area contributed by atoms with Gasteiger partial charge in [0.25, 0.3) is 0 Å². The van der Waals surface area contributed by atoms with Crippen molar-refractivity contribution in [3.63, 3.8) is 0 Å². The fraction of sp³-hybridized carbons (Fsp3) is 0.227. The van der Waals surface area contributed by atoms with Gasteiger partial charge in [-0.2, -0.15) is 0 Å². The molecule has 0 radical (unpaired) electrons. The summed E-state index contributed by atoms with van der Waals surface area (Å²) in [5.74, 6) is 0. The summed E-state index contributed by atoms with van der Waals surface area (Å²) in [4.78, 5) is 4.47. The van der Waals surface area contributed by atoms with E-state index in [0.29, 0.717) is 12.1 Å². The third-order valence-electron chi connectivity index (χ3n) is 5.89. The molecule has 3 heteroatoms. The summed E-state index contributed by atoms with van der Waals surface area (Å²) in [6.45, 7) is 0. The fourth-order valence-corrected chi connectivity index (χ4v) is 4.85. The van der Waals surface area contributed by atoms with Crippen molar-refractivity contribution in [2.24, 2.45) is 0 Å². The number of benzene rings is 2. The van der Waals surface area contributed by atoms with Crippen LogP contribution in [0.4, 0.5) is 0 Å². The normalized spacial score (nSPS) is 21.8. The zero-order chi connectivity index (χ0) is 16.4. The summed E-state index contributed by atoms with van der Waals surface area (Å²) in [6.07, 6.45) is 5.52. The van der Waals surface area contributed by atoms with Crippen LogP contribution < -0.4 is 5.32 Å². The molecular weight excluding hydrogens is 306 g/mol. The summed E-state index contributed by atoms with van der Waals surface area (Å²) in [7, 11) is 0. The molecule has 1 saturated heterocycles. The molecule has 2 aliphatic rings. The summed E-state index contributed by atoms with van der Waals surface area (Å²) >= 11 is 0. The lowest BCUT2D eigenvalue weighted by atomic mass is 9.99. The SMILES string of the molecule is c1cnc2ccc(-n3c4c(c5ccccc53)C3CCC(C4)N3)cc2c1. The van der Waals surface area contributed by atoms with Gasteiger partial charge in [0, 0.05) is 46.9 Å². The Kier molecular flexibility index (Phi) is 2.69. The van der Waals surface area contributed by atoms with E-state index in [1.165, 1.54) is 46.1 Å². The van der Waals surface area contributed by atoms with Crippen molar-refractivity contribution in [2.45, 2.75) is 31.3 Å². The second-order valence-electron chi connectivity index (χ2n) is 7.29. The number of nitrogens with zero attached hydrogens (tertiary/aromatic N) is 2. The summed E-state index contributed by atoms with van der Waals surface area (Å²) < 4.78 is 2.49. The van der Waals surface area contributed by atoms with Gasteiger partial charge in [-0.15, -0.1) is 0 Å². The lowest BCUT2D eigenvalue weighted by Crippen LogP contribution is -2.32. The van der Waals surface area contributed by atoms with Crippen LogP contribution in [-0.4, -0.2) is 15.6 Å². The standard InChI is InChI=1S/C22H19N3/c1-2-6-20-17(5-1)22-19-9-7-15(24-19)13-21(22)25(20)16-8-10-18-14(12-16)4-3-11-23-18/h1-6,8,10-12,15,19,24H,7,9,13H2. The minimum atomic E-state index is 0.516. The molecule has 0 amide bonds. The first-order valence-electron chi connectivity index (χ1n) is 9.12. The molecule has 6 rings (SSSR count). The fourth-order valence-electron chi connectivity index (χ4n) is 4.85. The molecule has 2 unspecified atom stereocenters. The highest BCUT2D eigenvalue weighted by Crippen LogP contribution is 2.43. The second kappa shape index (κ2) is 4.93. The van der Waals surface area contributed by atoms with Crippen LogP contribution in [0, 0.1) is 0 Å². The van der Waals surface area contributed by atoms with Gasteiger partial charge in [-0.3, -0.25) is 4.98 Å². The van der Waals surface area contributed by atoms with Crippen molar-refractivity contribution in [3.05, 3.63) is 72.1 Å². The van der Waals surface area contributed by atoms with Crippen molar-refractivity contribution in [2.75, 3.05) is 0 Å². The van der Waals surface area contributed by atoms with Crippen LogP contribution in [0.3, 0.4) is 0 Å². The molecule has 25 heavy (non-hydrogen) atoms. The topological polar surface area (TPSA) is 29.9 Å². The Hall–Kier alpha value is -2.65. The predicted molar refractivity (Wildman–Crippen MR) is 101 cm³/mol. The number of hydrogen-bond donors (Lipinski definition) is 1. The van der Waals surface area contributed by atoms with Crippen molar-refractivity contribution >= 4 is 21.8 Å². The highest BCUT2D eigenvalue weighted by atomic mass is 15.1. The van der Waals surface area contributed by atoms with E-state index in [1.807, 2.05) is 12.3 Å². The average molecular weight is 325 g/mol. The molecule has 1 fully saturated rings. The van der Waals surface area contributed by atoms with E-state index in [9.17, 15) is 0 Å². The van der Waals surface area contributed by atoms with Crippen LogP contribution in [-0.2, 0) is 6.42 Å². The molecule has 1 N–H and O–H groups in total. The number of rotatable bonds is 1. The van der Waals surface area contributed by atoms with Gasteiger partial charge in [0.05, 0.1) is 11.0 Å². The molecule has 4 aromatic rings. The van der Waals surface area contributed by atoms with Crippen LogP contribution in [0.2, 0.25) is 0 Å². The van der Waals surface area contributed by atoms with Crippen molar-refractivity contribution in [1.82, 2.24) is 14.9 Å². The van der Waals surface area contributed by atoms with E-state index in [1.54, 1.807) is 0 Å². The first kappa shape index (κ1) is 13.6. The number of nitrogens with one attached hydrogen (secondary N) is 1. The van der Waals surface area contributed by atoms with E-state index >= 15 is 0 Å². The van der Waals surface area contributed by atoms with Crippen LogP contribution in [0.15, 0.2) is 60.8 Å². The van der Waals surface area contributed by atoms with E-state index in [4.69, 9.17) is 0 Å². The van der Waals surface area contributed by atoms with Crippen LogP contribution in [0.1, 0.15) is 30.1 Å². The largest absolute Gasteiger partial charge is 0.313 e. The van der Waals surface area contributed by atoms with Gasteiger partial charge >= 0.3 is 0 Å². The Balaban J connectivity index is 1.68. The van der Waals surface area contributed by atoms with Gasteiger partial charge in [0.2, 0.25) is 0 Å². The molecule has 2 aromatic carbocycles. The zero-order valence-corrected chi connectivity index (χ0v) is 13.9. The number of hydrogen-bond acceptors (Lipinski definition) is 2. The van der Waals surface area contributed by atoms with Crippen LogP contribution in [0.5, 0.6) is 0 Å². The van der Waals surface area contributed by atoms with Gasteiger partial charge in [0.1, 0.15) is 0 Å². The zero-order valence-electron chi connectivity index (χ0n) is 13.9. The quantitative estimate of drug-likeness (QED) is 0.557. The van der Waals surface area contributed by atoms with Gasteiger partial charge in [-0.25, -0.2) is 0 Å². The third-order valence-corrected chi connectivity index (χ3v) is 5.89. The number of para-hydroxylation sites is 1. The predicted octanol–water partition coefficient (Wildman–Crippen LogP) is 4.53. The Morgan fingerprint density at radius 1 is 1.00 bits per heavy atom. The Bertz CT molecular complexity index is 1120. The van der Waals surface area contributed by atoms with Gasteiger partial charge in [-0.05, 0) is 48.7 Å². The van der Waals surface area contributed by atoms with E-state index < -0.39 is 0 Å². The first-order chi connectivity index (χ1) is 12.4. The van der Waals surface area contributed by atoms with E-state index in [-0.39, 0.29) is 0 Å². The summed E-state index contributed by atoms with van der Waals surface area (Å²) in [6, 6.07) is 20.8. The van der Waals surface area contributed by atoms with Crippen LogP contribution in [0.25, 0.3) is 27.5 Å². The van der Waals surface area contributed by atoms with Crippen molar-refractivity contribution < 1.29 is 0 Å². The molecule has 2 aromatic heterocycles. The number of pyridine rings is 1. The molecule has 2 atom stereocenters. The Morgan fingerprint density at radius 3 is 2.96 bits per heavy atom. The average Bonchev–Trinajstić information content (AvgIpc) is 3.20. The van der Waals surface area contributed by atoms with Gasteiger partial charge in [-0.1, -0.05) is 24.3 Å². The molecule has 2 bridgehead atoms. The van der Waals surface area contributed by atoms with Crippen molar-refractivity contribution in [1.29, 1.82) is 0 Å². The molecular formula is C22H19N3. The Morgan fingerprint density at radius 2 is 1.96 bits per heavy atom. The highest BCUT2D eigenvalue weighted by Gasteiger charge is 2.36. The van der Waals surface area contributed by atoms with E-state index in [0.717, 1.165) is 11.9 Å². The minimum Gasteiger partial charge on any atom is -0.313 e. The molecule has 3 nitrogen and oxygen atoms in total. The monoisotopic (exact) mass is 325 g/mol. The molecule has 0 saturated carbocycles.